The molecule has 1 N–H and O–H groups in total. The summed E-state index contributed by atoms with van der Waals surface area (Å²) in [7, 11) is 0. The highest BCUT2D eigenvalue weighted by atomic mass is 16.3. The summed E-state index contributed by atoms with van der Waals surface area (Å²) in [5.74, 6) is 0.0731. The van der Waals surface area contributed by atoms with Gasteiger partial charge in [-0.25, -0.2) is 4.68 Å². The zero-order valence-corrected chi connectivity index (χ0v) is 15.1. The summed E-state index contributed by atoms with van der Waals surface area (Å²) < 4.78 is 1.47. The van der Waals surface area contributed by atoms with Gasteiger partial charge < -0.3 is 10.0 Å². The summed E-state index contributed by atoms with van der Waals surface area (Å²) >= 11 is 0. The lowest BCUT2D eigenvalue weighted by Gasteiger charge is -2.21. The molecule has 1 aromatic heterocycles. The Morgan fingerprint density at radius 1 is 1.15 bits per heavy atom. The van der Waals surface area contributed by atoms with E-state index in [2.05, 4.69) is 44.7 Å². The second-order valence-electron chi connectivity index (χ2n) is 5.96. The van der Waals surface area contributed by atoms with Crippen molar-refractivity contribution in [2.75, 3.05) is 32.7 Å². The molecule has 0 saturated carbocycles. The molecule has 3 rings (SSSR count). The van der Waals surface area contributed by atoms with Crippen LogP contribution < -0.4 is 0 Å². The molecule has 2 heterocycles. The Morgan fingerprint density at radius 2 is 1.93 bits per heavy atom. The van der Waals surface area contributed by atoms with Crippen molar-refractivity contribution >= 4 is 18.5 Å². The summed E-state index contributed by atoms with van der Waals surface area (Å²) in [6, 6.07) is 10.3. The van der Waals surface area contributed by atoms with Gasteiger partial charge in [0.25, 0.3) is 6.47 Å². The van der Waals surface area contributed by atoms with Crippen LogP contribution in [-0.2, 0) is 16.1 Å². The van der Waals surface area contributed by atoms with Gasteiger partial charge in [-0.3, -0.25) is 14.5 Å². The summed E-state index contributed by atoms with van der Waals surface area (Å²) in [6.07, 6.45) is 6.79. The maximum Gasteiger partial charge on any atom is 0.290 e. The third kappa shape index (κ3) is 7.37. The average molecular weight is 372 g/mol. The van der Waals surface area contributed by atoms with Gasteiger partial charge in [0.1, 0.15) is 12.9 Å². The monoisotopic (exact) mass is 372 g/mol. The topological polar surface area (TPSA) is 104 Å². The van der Waals surface area contributed by atoms with Crippen molar-refractivity contribution in [3.63, 3.8) is 0 Å². The van der Waals surface area contributed by atoms with Gasteiger partial charge in [0.05, 0.1) is 0 Å². The first-order chi connectivity index (χ1) is 13.2. The van der Waals surface area contributed by atoms with Crippen molar-refractivity contribution in [3.05, 3.63) is 48.3 Å². The van der Waals surface area contributed by atoms with Gasteiger partial charge in [0, 0.05) is 32.7 Å². The molecule has 9 nitrogen and oxygen atoms in total. The molecular formula is C18H24N6O3. The van der Waals surface area contributed by atoms with E-state index in [1.807, 2.05) is 23.1 Å². The van der Waals surface area contributed by atoms with E-state index in [4.69, 9.17) is 9.90 Å². The second-order valence-corrected chi connectivity index (χ2v) is 5.96. The van der Waals surface area contributed by atoms with E-state index in [1.54, 1.807) is 0 Å². The SMILES string of the molecule is O=C(Cn1cnnn1)N1CCCN(CC=Cc2ccccc2)CC1.O=CO. The summed E-state index contributed by atoms with van der Waals surface area (Å²) in [4.78, 5) is 24.9. The number of amides is 1. The minimum Gasteiger partial charge on any atom is -0.483 e. The zero-order valence-electron chi connectivity index (χ0n) is 15.1. The highest BCUT2D eigenvalue weighted by molar-refractivity contribution is 5.75. The van der Waals surface area contributed by atoms with Crippen LogP contribution in [-0.4, -0.2) is 80.2 Å². The molecule has 0 unspecified atom stereocenters. The van der Waals surface area contributed by atoms with Crippen LogP contribution >= 0.6 is 0 Å². The van der Waals surface area contributed by atoms with Gasteiger partial charge in [0.15, 0.2) is 0 Å². The number of benzene rings is 1. The van der Waals surface area contributed by atoms with Crippen LogP contribution in [0.15, 0.2) is 42.7 Å². The summed E-state index contributed by atoms with van der Waals surface area (Å²) in [5, 5.41) is 17.7. The summed E-state index contributed by atoms with van der Waals surface area (Å²) in [6.45, 7) is 4.30. The molecule has 9 heteroatoms. The Kier molecular flexibility index (Phi) is 8.64. The van der Waals surface area contributed by atoms with Gasteiger partial charge in [-0.2, -0.15) is 0 Å². The molecule has 0 spiro atoms. The van der Waals surface area contributed by atoms with Gasteiger partial charge in [-0.1, -0.05) is 42.5 Å². The highest BCUT2D eigenvalue weighted by Gasteiger charge is 2.19. The number of carbonyl (C=O) groups excluding carboxylic acids is 1. The minimum atomic E-state index is -0.250. The van der Waals surface area contributed by atoms with E-state index in [1.165, 1.54) is 16.6 Å². The van der Waals surface area contributed by atoms with Crippen LogP contribution in [0.5, 0.6) is 0 Å². The van der Waals surface area contributed by atoms with Crippen LogP contribution in [0.25, 0.3) is 6.08 Å². The molecule has 0 bridgehead atoms. The molecule has 1 amide bonds. The molecule has 27 heavy (non-hydrogen) atoms. The fourth-order valence-electron chi connectivity index (χ4n) is 2.80. The standard InChI is InChI=1S/C17H22N6O.CH2O2/c24-17(14-23-15-18-19-20-23)22-11-5-10-21(12-13-22)9-4-8-16-6-2-1-3-7-16;2-1-3/h1-4,6-8,15H,5,9-14H2;1H,(H,2,3). The van der Waals surface area contributed by atoms with Crippen LogP contribution in [0.4, 0.5) is 0 Å². The fourth-order valence-corrected chi connectivity index (χ4v) is 2.80. The number of tetrazole rings is 1. The zero-order chi connectivity index (χ0) is 19.3. The van der Waals surface area contributed by atoms with Crippen molar-refractivity contribution in [1.82, 2.24) is 30.0 Å². The number of hydrogen-bond donors (Lipinski definition) is 1. The molecule has 1 aliphatic heterocycles. The maximum atomic E-state index is 12.3. The predicted octanol–water partition coefficient (Wildman–Crippen LogP) is 0.622. The predicted molar refractivity (Wildman–Crippen MR) is 99.6 cm³/mol. The Morgan fingerprint density at radius 3 is 2.63 bits per heavy atom. The van der Waals surface area contributed by atoms with Crippen LogP contribution in [0, 0.1) is 0 Å². The normalized spacial score (nSPS) is 15.0. The fraction of sp³-hybridized carbons (Fsp3) is 0.389. The van der Waals surface area contributed by atoms with Crippen LogP contribution in [0.3, 0.4) is 0 Å². The lowest BCUT2D eigenvalue weighted by atomic mass is 10.2. The lowest BCUT2D eigenvalue weighted by molar-refractivity contribution is -0.132. The van der Waals surface area contributed by atoms with Crippen LogP contribution in [0.1, 0.15) is 12.0 Å². The largest absolute Gasteiger partial charge is 0.483 e. The van der Waals surface area contributed by atoms with Gasteiger partial charge in [0.2, 0.25) is 5.91 Å². The van der Waals surface area contributed by atoms with Gasteiger partial charge in [-0.05, 0) is 22.4 Å². The van der Waals surface area contributed by atoms with Crippen molar-refractivity contribution in [1.29, 1.82) is 0 Å². The Labute approximate surface area is 157 Å². The van der Waals surface area contributed by atoms with E-state index in [-0.39, 0.29) is 18.9 Å². The quantitative estimate of drug-likeness (QED) is 0.767. The average Bonchev–Trinajstić information content (AvgIpc) is 3.07. The maximum absolute atomic E-state index is 12.3. The lowest BCUT2D eigenvalue weighted by Crippen LogP contribution is -2.37. The summed E-state index contributed by atoms with van der Waals surface area (Å²) in [5.41, 5.74) is 1.21. The van der Waals surface area contributed by atoms with Crippen molar-refractivity contribution in [2.45, 2.75) is 13.0 Å². The molecule has 1 aliphatic rings. The first-order valence-electron chi connectivity index (χ1n) is 8.73. The van der Waals surface area contributed by atoms with Gasteiger partial charge >= 0.3 is 0 Å². The van der Waals surface area contributed by atoms with Gasteiger partial charge in [-0.15, -0.1) is 5.10 Å². The van der Waals surface area contributed by atoms with E-state index >= 15 is 0 Å². The molecule has 1 saturated heterocycles. The van der Waals surface area contributed by atoms with Crippen molar-refractivity contribution in [3.8, 4) is 0 Å². The smallest absolute Gasteiger partial charge is 0.290 e. The second kappa shape index (κ2) is 11.5. The number of carbonyl (C=O) groups is 2. The molecule has 144 valence electrons. The third-order valence-corrected chi connectivity index (χ3v) is 4.10. The van der Waals surface area contributed by atoms with E-state index in [9.17, 15) is 4.79 Å². The van der Waals surface area contributed by atoms with Crippen LogP contribution in [0.2, 0.25) is 0 Å². The first kappa shape index (κ1) is 20.2. The number of carboxylic acid groups (broad SMARTS) is 1. The van der Waals surface area contributed by atoms with E-state index in [0.29, 0.717) is 0 Å². The van der Waals surface area contributed by atoms with E-state index in [0.717, 1.165) is 39.1 Å². The third-order valence-electron chi connectivity index (χ3n) is 4.10. The number of rotatable bonds is 5. The molecular weight excluding hydrogens is 348 g/mol. The Balaban J connectivity index is 0.000000817. The Bertz CT molecular complexity index is 705. The number of aromatic nitrogens is 4. The molecule has 1 fully saturated rings. The van der Waals surface area contributed by atoms with Crippen molar-refractivity contribution in [2.24, 2.45) is 0 Å². The number of nitrogens with zero attached hydrogens (tertiary/aromatic N) is 6. The first-order valence-corrected chi connectivity index (χ1v) is 8.73. The molecule has 2 aromatic rings. The van der Waals surface area contributed by atoms with Crippen molar-refractivity contribution < 1.29 is 14.7 Å². The molecule has 0 aliphatic carbocycles. The molecule has 1 aromatic carbocycles. The highest BCUT2D eigenvalue weighted by Crippen LogP contribution is 2.06. The van der Waals surface area contributed by atoms with E-state index < -0.39 is 0 Å². The molecule has 0 atom stereocenters. The Hall–Kier alpha value is -3.07. The minimum absolute atomic E-state index is 0.0731. The number of hydrogen-bond acceptors (Lipinski definition) is 6. The molecule has 0 radical (unpaired) electrons.